The molecule has 5 heteroatoms. The number of rotatable bonds is 2. The van der Waals surface area contributed by atoms with Gasteiger partial charge in [0.25, 0.3) is 0 Å². The summed E-state index contributed by atoms with van der Waals surface area (Å²) >= 11 is 6.19. The van der Waals surface area contributed by atoms with Crippen LogP contribution in [0.1, 0.15) is 10.4 Å². The molecule has 1 heterocycles. The molecule has 11 heavy (non-hydrogen) atoms. The molecule has 1 aromatic rings. The molecule has 0 aliphatic heterocycles. The van der Waals surface area contributed by atoms with Gasteiger partial charge in [0.1, 0.15) is 5.82 Å². The van der Waals surface area contributed by atoms with Gasteiger partial charge in [0.05, 0.1) is 5.56 Å². The quantitative estimate of drug-likeness (QED) is 0.668. The van der Waals surface area contributed by atoms with Gasteiger partial charge in [-0.1, -0.05) is 0 Å². The van der Waals surface area contributed by atoms with Crippen molar-refractivity contribution in [2.75, 3.05) is 4.34 Å². The van der Waals surface area contributed by atoms with Crippen molar-refractivity contribution in [3.8, 4) is 0 Å². The van der Waals surface area contributed by atoms with E-state index in [1.54, 1.807) is 12.3 Å². The molecule has 3 nitrogen and oxygen atoms in total. The van der Waals surface area contributed by atoms with E-state index in [-0.39, 0.29) is 0 Å². The maximum Gasteiger partial charge on any atom is 0.153 e. The van der Waals surface area contributed by atoms with Crippen molar-refractivity contribution in [1.82, 2.24) is 4.98 Å². The van der Waals surface area contributed by atoms with E-state index in [1.165, 1.54) is 0 Å². The van der Waals surface area contributed by atoms with Gasteiger partial charge in [0, 0.05) is 26.8 Å². The largest absolute Gasteiger partial charge is 0.306 e. The smallest absolute Gasteiger partial charge is 0.153 e. The molecule has 1 N–H and O–H groups in total. The van der Waals surface area contributed by atoms with Crippen LogP contribution in [-0.2, 0) is 0 Å². The van der Waals surface area contributed by atoms with Crippen LogP contribution in [0.5, 0.6) is 0 Å². The lowest BCUT2D eigenvalue weighted by atomic mass is 10.3. The van der Waals surface area contributed by atoms with Gasteiger partial charge in [-0.3, -0.25) is 4.79 Å². The fourth-order valence-corrected chi connectivity index (χ4v) is 1.30. The van der Waals surface area contributed by atoms with Gasteiger partial charge in [-0.2, -0.15) is 0 Å². The predicted molar refractivity (Wildman–Crippen MR) is 49.9 cm³/mol. The summed E-state index contributed by atoms with van der Waals surface area (Å²) in [6, 6.07) is 1.68. The zero-order valence-electron chi connectivity index (χ0n) is 5.34. The van der Waals surface area contributed by atoms with Crippen LogP contribution in [0.4, 0.5) is 5.82 Å². The molecule has 58 valence electrons. The summed E-state index contributed by atoms with van der Waals surface area (Å²) in [4.78, 5) is 14.3. The monoisotopic (exact) mass is 278 g/mol. The number of aldehydes is 1. The summed E-state index contributed by atoms with van der Waals surface area (Å²) in [6.45, 7) is 0. The molecule has 1 aromatic heterocycles. The summed E-state index contributed by atoms with van der Waals surface area (Å²) < 4.78 is 3.41. The Morgan fingerprint density at radius 1 is 1.64 bits per heavy atom. The Labute approximate surface area is 80.7 Å². The molecule has 0 radical (unpaired) electrons. The summed E-state index contributed by atoms with van der Waals surface area (Å²) in [5.41, 5.74) is 0.510. The van der Waals surface area contributed by atoms with Crippen molar-refractivity contribution in [2.24, 2.45) is 0 Å². The SMILES string of the molecule is O=Cc1cc(Br)cnc1NBr. The first-order chi connectivity index (χ1) is 5.27. The van der Waals surface area contributed by atoms with Gasteiger partial charge < -0.3 is 4.34 Å². The predicted octanol–water partition coefficient (Wildman–Crippen LogP) is 2.38. The van der Waals surface area contributed by atoms with Gasteiger partial charge in [-0.05, 0) is 22.0 Å². The fraction of sp³-hybridized carbons (Fsp3) is 0. The van der Waals surface area contributed by atoms with E-state index in [0.717, 1.165) is 10.8 Å². The summed E-state index contributed by atoms with van der Waals surface area (Å²) in [6.07, 6.45) is 2.35. The zero-order chi connectivity index (χ0) is 8.27. The van der Waals surface area contributed by atoms with E-state index in [9.17, 15) is 4.79 Å². The molecule has 0 aliphatic carbocycles. The molecular weight excluding hydrogens is 276 g/mol. The van der Waals surface area contributed by atoms with E-state index in [0.29, 0.717) is 11.4 Å². The molecule has 0 amide bonds. The highest BCUT2D eigenvalue weighted by atomic mass is 79.9. The number of carbonyl (C=O) groups is 1. The van der Waals surface area contributed by atoms with Gasteiger partial charge in [-0.15, -0.1) is 0 Å². The molecule has 0 spiro atoms. The molecular formula is C6H4Br2N2O. The number of nitrogens with zero attached hydrogens (tertiary/aromatic N) is 1. The van der Waals surface area contributed by atoms with E-state index >= 15 is 0 Å². The van der Waals surface area contributed by atoms with Crippen LogP contribution in [0, 0.1) is 0 Å². The van der Waals surface area contributed by atoms with E-state index in [1.807, 2.05) is 0 Å². The molecule has 0 fully saturated rings. The number of halogens is 2. The molecule has 0 atom stereocenters. The molecule has 0 aliphatic rings. The van der Waals surface area contributed by atoms with Crippen LogP contribution in [0.2, 0.25) is 0 Å². The van der Waals surface area contributed by atoms with Gasteiger partial charge in [0.2, 0.25) is 0 Å². The summed E-state index contributed by atoms with van der Waals surface area (Å²) in [5.74, 6) is 0.517. The number of carbonyl (C=O) groups excluding carboxylic acids is 1. The molecule has 0 aromatic carbocycles. The van der Waals surface area contributed by atoms with Crippen LogP contribution in [0.25, 0.3) is 0 Å². The Morgan fingerprint density at radius 3 is 2.91 bits per heavy atom. The highest BCUT2D eigenvalue weighted by molar-refractivity contribution is 9.10. The number of hydrogen-bond acceptors (Lipinski definition) is 3. The van der Waals surface area contributed by atoms with Crippen molar-refractivity contribution >= 4 is 44.2 Å². The molecule has 0 unspecified atom stereocenters. The van der Waals surface area contributed by atoms with Gasteiger partial charge in [0.15, 0.2) is 6.29 Å². The highest BCUT2D eigenvalue weighted by Gasteiger charge is 2.00. The highest BCUT2D eigenvalue weighted by Crippen LogP contribution is 2.16. The second-order valence-electron chi connectivity index (χ2n) is 1.80. The van der Waals surface area contributed by atoms with Gasteiger partial charge >= 0.3 is 0 Å². The number of hydrogen-bond donors (Lipinski definition) is 1. The lowest BCUT2D eigenvalue weighted by Crippen LogP contribution is -1.92. The van der Waals surface area contributed by atoms with E-state index < -0.39 is 0 Å². The third kappa shape index (κ3) is 2.00. The van der Waals surface area contributed by atoms with Gasteiger partial charge in [-0.25, -0.2) is 4.98 Å². The van der Waals surface area contributed by atoms with E-state index in [2.05, 4.69) is 41.4 Å². The third-order valence-corrected chi connectivity index (χ3v) is 1.91. The minimum Gasteiger partial charge on any atom is -0.306 e. The summed E-state index contributed by atoms with van der Waals surface area (Å²) in [7, 11) is 0. The molecule has 0 bridgehead atoms. The number of pyridine rings is 1. The number of nitrogens with one attached hydrogen (secondary N) is 1. The minimum absolute atomic E-state index is 0.510. The second kappa shape index (κ2) is 3.82. The van der Waals surface area contributed by atoms with E-state index in [4.69, 9.17) is 0 Å². The average molecular weight is 280 g/mol. The Bertz CT molecular complexity index is 277. The van der Waals surface area contributed by atoms with Crippen LogP contribution < -0.4 is 4.34 Å². The minimum atomic E-state index is 0.510. The maximum absolute atomic E-state index is 10.4. The maximum atomic E-state index is 10.4. The molecule has 0 saturated carbocycles. The Kier molecular flexibility index (Phi) is 3.02. The average Bonchev–Trinajstić information content (AvgIpc) is 2.04. The third-order valence-electron chi connectivity index (χ3n) is 1.10. The zero-order valence-corrected chi connectivity index (χ0v) is 8.52. The Balaban J connectivity index is 3.16. The molecule has 0 saturated heterocycles. The van der Waals surface area contributed by atoms with Crippen molar-refractivity contribution in [3.05, 3.63) is 22.3 Å². The number of anilines is 1. The fourth-order valence-electron chi connectivity index (χ4n) is 0.624. The summed E-state index contributed by atoms with van der Waals surface area (Å²) in [5, 5.41) is 0. The standard InChI is InChI=1S/C6H4Br2N2O/c7-5-1-4(3-11)6(10-8)9-2-5/h1-3H,(H,9,10). The van der Waals surface area contributed by atoms with Crippen molar-refractivity contribution in [2.45, 2.75) is 0 Å². The van der Waals surface area contributed by atoms with Crippen LogP contribution >= 0.6 is 32.1 Å². The Hall–Kier alpha value is -0.420. The van der Waals surface area contributed by atoms with Crippen molar-refractivity contribution in [3.63, 3.8) is 0 Å². The normalized spacial score (nSPS) is 9.27. The van der Waals surface area contributed by atoms with Crippen LogP contribution in [0.15, 0.2) is 16.7 Å². The van der Waals surface area contributed by atoms with Crippen LogP contribution in [0.3, 0.4) is 0 Å². The van der Waals surface area contributed by atoms with Crippen molar-refractivity contribution < 1.29 is 4.79 Å². The lowest BCUT2D eigenvalue weighted by Gasteiger charge is -1.99. The number of aromatic nitrogens is 1. The second-order valence-corrected chi connectivity index (χ2v) is 3.12. The topological polar surface area (TPSA) is 42.0 Å². The first kappa shape index (κ1) is 8.67. The first-order valence-electron chi connectivity index (χ1n) is 2.75. The first-order valence-corrected chi connectivity index (χ1v) is 4.34. The lowest BCUT2D eigenvalue weighted by molar-refractivity contribution is 0.112. The Morgan fingerprint density at radius 2 is 2.36 bits per heavy atom. The van der Waals surface area contributed by atoms with Crippen molar-refractivity contribution in [1.29, 1.82) is 0 Å². The molecule has 1 rings (SSSR count). The van der Waals surface area contributed by atoms with Crippen LogP contribution in [-0.4, -0.2) is 11.3 Å².